The number of guanidine groups is 1. The normalized spacial score (nSPS) is 17.1. The number of amides is 1. The number of carbonyl (C=O) groups excluding carboxylic acids is 1. The minimum atomic E-state index is -0.502. The van der Waals surface area contributed by atoms with Crippen LogP contribution in [-0.2, 0) is 13.0 Å². The Kier molecular flexibility index (Phi) is 8.56. The Morgan fingerprint density at radius 2 is 1.94 bits per heavy atom. The van der Waals surface area contributed by atoms with Gasteiger partial charge in [0.05, 0.1) is 0 Å². The highest BCUT2D eigenvalue weighted by molar-refractivity contribution is 5.94. The summed E-state index contributed by atoms with van der Waals surface area (Å²) in [5.41, 5.74) is 1.82. The van der Waals surface area contributed by atoms with Crippen molar-refractivity contribution in [2.24, 2.45) is 4.99 Å². The summed E-state index contributed by atoms with van der Waals surface area (Å²) >= 11 is 0. The van der Waals surface area contributed by atoms with Gasteiger partial charge in [0, 0.05) is 50.9 Å². The Hall–Kier alpha value is -3.00. The highest BCUT2D eigenvalue weighted by Crippen LogP contribution is 2.18. The predicted octanol–water partition coefficient (Wildman–Crippen LogP) is 2.70. The van der Waals surface area contributed by atoms with Crippen LogP contribution >= 0.6 is 0 Å². The van der Waals surface area contributed by atoms with Crippen LogP contribution in [0.15, 0.2) is 47.5 Å². The molecule has 3 N–H and O–H groups in total. The molecule has 3 rings (SSSR count). The van der Waals surface area contributed by atoms with Crippen LogP contribution in [0, 0.1) is 11.6 Å². The Morgan fingerprint density at radius 3 is 2.66 bits per heavy atom. The quantitative estimate of drug-likeness (QED) is 0.455. The fourth-order valence-corrected chi connectivity index (χ4v) is 3.95. The summed E-state index contributed by atoms with van der Waals surface area (Å²) < 4.78 is 28.0. The van der Waals surface area contributed by atoms with E-state index in [9.17, 15) is 13.6 Å². The second-order valence-corrected chi connectivity index (χ2v) is 7.95. The summed E-state index contributed by atoms with van der Waals surface area (Å²) in [5, 5.41) is 9.36. The SMILES string of the molecule is CN=C(NCCc1cccc(C(=O)NC)c1)NC1CCCN(Cc2c(F)cccc2F)C1. The molecule has 0 radical (unpaired) electrons. The third kappa shape index (κ3) is 6.50. The average molecular weight is 444 g/mol. The molecular formula is C24H31F2N5O. The summed E-state index contributed by atoms with van der Waals surface area (Å²) in [7, 11) is 3.34. The number of hydrogen-bond acceptors (Lipinski definition) is 3. The van der Waals surface area contributed by atoms with E-state index in [0.717, 1.165) is 31.4 Å². The van der Waals surface area contributed by atoms with Gasteiger partial charge < -0.3 is 16.0 Å². The van der Waals surface area contributed by atoms with Crippen molar-refractivity contribution in [2.75, 3.05) is 33.7 Å². The molecule has 1 saturated heterocycles. The Morgan fingerprint density at radius 1 is 1.19 bits per heavy atom. The fourth-order valence-electron chi connectivity index (χ4n) is 3.95. The van der Waals surface area contributed by atoms with Crippen molar-refractivity contribution in [1.82, 2.24) is 20.9 Å². The molecule has 32 heavy (non-hydrogen) atoms. The van der Waals surface area contributed by atoms with E-state index in [-0.39, 0.29) is 24.1 Å². The third-order valence-corrected chi connectivity index (χ3v) is 5.64. The van der Waals surface area contributed by atoms with Gasteiger partial charge in [-0.1, -0.05) is 18.2 Å². The molecule has 2 aromatic rings. The zero-order chi connectivity index (χ0) is 22.9. The maximum absolute atomic E-state index is 14.0. The second kappa shape index (κ2) is 11.6. The fraction of sp³-hybridized carbons (Fsp3) is 0.417. The number of nitrogens with one attached hydrogen (secondary N) is 3. The molecular weight excluding hydrogens is 412 g/mol. The maximum atomic E-state index is 14.0. The van der Waals surface area contributed by atoms with Crippen LogP contribution in [0.25, 0.3) is 0 Å². The van der Waals surface area contributed by atoms with Gasteiger partial charge in [0.25, 0.3) is 5.91 Å². The van der Waals surface area contributed by atoms with Crippen molar-refractivity contribution in [1.29, 1.82) is 0 Å². The van der Waals surface area contributed by atoms with Crippen molar-refractivity contribution in [2.45, 2.75) is 31.8 Å². The third-order valence-electron chi connectivity index (χ3n) is 5.64. The van der Waals surface area contributed by atoms with Gasteiger partial charge in [0.15, 0.2) is 5.96 Å². The molecule has 1 unspecified atom stereocenters. The first-order chi connectivity index (χ1) is 15.5. The number of nitrogens with zero attached hydrogens (tertiary/aromatic N) is 2. The van der Waals surface area contributed by atoms with E-state index in [1.807, 2.05) is 18.2 Å². The molecule has 1 aliphatic rings. The molecule has 2 aromatic carbocycles. The molecule has 0 aliphatic carbocycles. The minimum Gasteiger partial charge on any atom is -0.356 e. The largest absolute Gasteiger partial charge is 0.356 e. The highest BCUT2D eigenvalue weighted by Gasteiger charge is 2.22. The predicted molar refractivity (Wildman–Crippen MR) is 123 cm³/mol. The van der Waals surface area contributed by atoms with Gasteiger partial charge in [-0.3, -0.25) is 14.7 Å². The first kappa shape index (κ1) is 23.7. The molecule has 1 amide bonds. The van der Waals surface area contributed by atoms with Gasteiger partial charge in [-0.2, -0.15) is 0 Å². The Bertz CT molecular complexity index is 929. The highest BCUT2D eigenvalue weighted by atomic mass is 19.1. The van der Waals surface area contributed by atoms with E-state index in [1.54, 1.807) is 20.2 Å². The van der Waals surface area contributed by atoms with E-state index in [1.165, 1.54) is 18.2 Å². The lowest BCUT2D eigenvalue weighted by Gasteiger charge is -2.34. The zero-order valence-electron chi connectivity index (χ0n) is 18.6. The monoisotopic (exact) mass is 443 g/mol. The van der Waals surface area contributed by atoms with Crippen molar-refractivity contribution >= 4 is 11.9 Å². The smallest absolute Gasteiger partial charge is 0.251 e. The number of hydrogen-bond donors (Lipinski definition) is 3. The molecule has 172 valence electrons. The average Bonchev–Trinajstić information content (AvgIpc) is 2.81. The van der Waals surface area contributed by atoms with Gasteiger partial charge in [0.2, 0.25) is 0 Å². The molecule has 8 heteroatoms. The maximum Gasteiger partial charge on any atom is 0.251 e. The number of benzene rings is 2. The molecule has 0 spiro atoms. The molecule has 6 nitrogen and oxygen atoms in total. The number of carbonyl (C=O) groups is 1. The van der Waals surface area contributed by atoms with E-state index in [4.69, 9.17) is 0 Å². The van der Waals surface area contributed by atoms with Crippen LogP contribution in [0.4, 0.5) is 8.78 Å². The van der Waals surface area contributed by atoms with E-state index < -0.39 is 11.6 Å². The summed E-state index contributed by atoms with van der Waals surface area (Å²) in [6.07, 6.45) is 2.65. The molecule has 0 aromatic heterocycles. The van der Waals surface area contributed by atoms with Crippen LogP contribution in [-0.4, -0.2) is 56.5 Å². The number of halogens is 2. The standard InChI is InChI=1S/C24H31F2N5O/c1-27-23(32)18-7-3-6-17(14-18)11-12-29-24(28-2)30-19-8-5-13-31(15-19)16-20-21(25)9-4-10-22(20)26/h3-4,6-7,9-10,14,19H,5,8,11-13,15-16H2,1-2H3,(H,27,32)(H2,28,29,30). The lowest BCUT2D eigenvalue weighted by Crippen LogP contribution is -2.51. The minimum absolute atomic E-state index is 0.102. The lowest BCUT2D eigenvalue weighted by molar-refractivity contribution is 0.0963. The first-order valence-corrected chi connectivity index (χ1v) is 10.9. The van der Waals surface area contributed by atoms with Crippen LogP contribution in [0.1, 0.15) is 34.3 Å². The van der Waals surface area contributed by atoms with Crippen LogP contribution in [0.2, 0.25) is 0 Å². The van der Waals surface area contributed by atoms with E-state index >= 15 is 0 Å². The van der Waals surface area contributed by atoms with E-state index in [2.05, 4.69) is 25.8 Å². The Labute approximate surface area is 188 Å². The number of piperidine rings is 1. The summed E-state index contributed by atoms with van der Waals surface area (Å²) in [6, 6.07) is 11.7. The van der Waals surface area contributed by atoms with Crippen molar-refractivity contribution in [3.05, 3.63) is 70.8 Å². The van der Waals surface area contributed by atoms with Gasteiger partial charge in [-0.25, -0.2) is 8.78 Å². The molecule has 1 fully saturated rings. The van der Waals surface area contributed by atoms with Crippen LogP contribution in [0.5, 0.6) is 0 Å². The topological polar surface area (TPSA) is 68.8 Å². The van der Waals surface area contributed by atoms with Gasteiger partial charge >= 0.3 is 0 Å². The summed E-state index contributed by atoms with van der Waals surface area (Å²) in [5.74, 6) is -0.415. The number of likely N-dealkylation sites (tertiary alicyclic amines) is 1. The molecule has 1 heterocycles. The molecule has 0 bridgehead atoms. The summed E-state index contributed by atoms with van der Waals surface area (Å²) in [4.78, 5) is 18.2. The Balaban J connectivity index is 1.49. The van der Waals surface area contributed by atoms with Crippen molar-refractivity contribution in [3.63, 3.8) is 0 Å². The zero-order valence-corrected chi connectivity index (χ0v) is 18.6. The van der Waals surface area contributed by atoms with Crippen LogP contribution in [0.3, 0.4) is 0 Å². The first-order valence-electron chi connectivity index (χ1n) is 10.9. The van der Waals surface area contributed by atoms with E-state index in [0.29, 0.717) is 24.6 Å². The molecule has 1 atom stereocenters. The number of rotatable bonds is 7. The molecule has 1 aliphatic heterocycles. The second-order valence-electron chi connectivity index (χ2n) is 7.95. The van der Waals surface area contributed by atoms with Crippen molar-refractivity contribution < 1.29 is 13.6 Å². The molecule has 0 saturated carbocycles. The number of aliphatic imine (C=N–C) groups is 1. The lowest BCUT2D eigenvalue weighted by atomic mass is 10.0. The van der Waals surface area contributed by atoms with Gasteiger partial charge in [-0.15, -0.1) is 0 Å². The van der Waals surface area contributed by atoms with Crippen molar-refractivity contribution in [3.8, 4) is 0 Å². The van der Waals surface area contributed by atoms with Crippen LogP contribution < -0.4 is 16.0 Å². The van der Waals surface area contributed by atoms with Gasteiger partial charge in [-0.05, 0) is 55.6 Å². The van der Waals surface area contributed by atoms with Gasteiger partial charge in [0.1, 0.15) is 11.6 Å². The summed E-state index contributed by atoms with van der Waals surface area (Å²) in [6.45, 7) is 2.40.